The molecule has 0 spiro atoms. The molecule has 0 saturated carbocycles. The Bertz CT molecular complexity index is 451. The van der Waals surface area contributed by atoms with Crippen molar-refractivity contribution in [3.63, 3.8) is 0 Å². The van der Waals surface area contributed by atoms with Crippen LogP contribution < -0.4 is 5.32 Å². The van der Waals surface area contributed by atoms with Gasteiger partial charge in [-0.15, -0.1) is 10.2 Å². The third-order valence-electron chi connectivity index (χ3n) is 3.96. The third-order valence-corrected chi connectivity index (χ3v) is 3.96. The van der Waals surface area contributed by atoms with Crippen molar-refractivity contribution in [3.05, 3.63) is 11.6 Å². The number of nitrogens with zero attached hydrogens (tertiary/aromatic N) is 3. The van der Waals surface area contributed by atoms with Crippen LogP contribution in [0.2, 0.25) is 0 Å². The van der Waals surface area contributed by atoms with Crippen LogP contribution in [0.1, 0.15) is 30.9 Å². The first-order valence-corrected chi connectivity index (χ1v) is 6.61. The maximum absolute atomic E-state index is 11.1. The zero-order valence-electron chi connectivity index (χ0n) is 10.3. The smallest absolute Gasteiger partial charge is 0.308 e. The van der Waals surface area contributed by atoms with E-state index in [1.807, 2.05) is 4.57 Å². The number of carbonyl (C=O) groups is 1. The Kier molecular flexibility index (Phi) is 3.03. The lowest BCUT2D eigenvalue weighted by molar-refractivity contribution is -0.142. The van der Waals surface area contributed by atoms with Gasteiger partial charge in [0.2, 0.25) is 0 Å². The van der Waals surface area contributed by atoms with Crippen LogP contribution >= 0.6 is 0 Å². The number of fused-ring (bicyclic) bond motifs is 1. The number of rotatable bonds is 3. The molecule has 98 valence electrons. The van der Waals surface area contributed by atoms with E-state index in [0.29, 0.717) is 19.0 Å². The molecule has 3 rings (SSSR count). The standard InChI is InChI=1S/C12H18N4O2/c17-12(18)8-3-4-10-14-15-11(16(10)7-8)6-9-2-1-5-13-9/h8-9,13H,1-7H2,(H,17,18). The third kappa shape index (κ3) is 2.12. The van der Waals surface area contributed by atoms with Crippen LogP contribution in [0.3, 0.4) is 0 Å². The Balaban J connectivity index is 1.76. The van der Waals surface area contributed by atoms with E-state index in [4.69, 9.17) is 5.11 Å². The summed E-state index contributed by atoms with van der Waals surface area (Å²) in [7, 11) is 0. The van der Waals surface area contributed by atoms with Gasteiger partial charge in [0, 0.05) is 25.4 Å². The Morgan fingerprint density at radius 1 is 1.44 bits per heavy atom. The van der Waals surface area contributed by atoms with Gasteiger partial charge in [0.25, 0.3) is 0 Å². The number of aromatic nitrogens is 3. The molecule has 0 radical (unpaired) electrons. The molecule has 2 atom stereocenters. The second-order valence-electron chi connectivity index (χ2n) is 5.21. The van der Waals surface area contributed by atoms with Crippen molar-refractivity contribution in [3.8, 4) is 0 Å². The van der Waals surface area contributed by atoms with Crippen LogP contribution in [-0.2, 0) is 24.2 Å². The SMILES string of the molecule is O=C(O)C1CCc2nnc(CC3CCCN3)n2C1. The molecule has 0 amide bonds. The molecule has 3 heterocycles. The van der Waals surface area contributed by atoms with Gasteiger partial charge >= 0.3 is 5.97 Å². The number of hydrogen-bond donors (Lipinski definition) is 2. The van der Waals surface area contributed by atoms with Gasteiger partial charge < -0.3 is 15.0 Å². The highest BCUT2D eigenvalue weighted by atomic mass is 16.4. The summed E-state index contributed by atoms with van der Waals surface area (Å²) >= 11 is 0. The van der Waals surface area contributed by atoms with Crippen molar-refractivity contribution >= 4 is 5.97 Å². The van der Waals surface area contributed by atoms with E-state index in [2.05, 4.69) is 15.5 Å². The second-order valence-corrected chi connectivity index (χ2v) is 5.21. The minimum Gasteiger partial charge on any atom is -0.481 e. The topological polar surface area (TPSA) is 80.0 Å². The Morgan fingerprint density at radius 2 is 2.33 bits per heavy atom. The second kappa shape index (κ2) is 4.68. The normalized spacial score (nSPS) is 27.1. The number of carboxylic acids is 1. The lowest BCUT2D eigenvalue weighted by Gasteiger charge is -2.21. The van der Waals surface area contributed by atoms with Gasteiger partial charge in [0.1, 0.15) is 11.6 Å². The minimum atomic E-state index is -0.709. The molecule has 0 aliphatic carbocycles. The first-order valence-electron chi connectivity index (χ1n) is 6.61. The molecule has 1 saturated heterocycles. The molecule has 1 aromatic heterocycles. The molecule has 2 aliphatic rings. The van der Waals surface area contributed by atoms with Crippen molar-refractivity contribution in [1.29, 1.82) is 0 Å². The summed E-state index contributed by atoms with van der Waals surface area (Å²) in [4.78, 5) is 11.1. The molecule has 18 heavy (non-hydrogen) atoms. The number of aliphatic carboxylic acids is 1. The van der Waals surface area contributed by atoms with Gasteiger partial charge in [-0.3, -0.25) is 4.79 Å². The van der Waals surface area contributed by atoms with E-state index >= 15 is 0 Å². The molecule has 6 heteroatoms. The van der Waals surface area contributed by atoms with Crippen LogP contribution in [0.5, 0.6) is 0 Å². The summed E-state index contributed by atoms with van der Waals surface area (Å²) in [6.45, 7) is 1.60. The maximum atomic E-state index is 11.1. The zero-order valence-corrected chi connectivity index (χ0v) is 10.3. The maximum Gasteiger partial charge on any atom is 0.308 e. The van der Waals surface area contributed by atoms with E-state index in [1.165, 1.54) is 12.8 Å². The molecule has 6 nitrogen and oxygen atoms in total. The minimum absolute atomic E-state index is 0.288. The van der Waals surface area contributed by atoms with Gasteiger partial charge in [0.05, 0.1) is 5.92 Å². The van der Waals surface area contributed by atoms with E-state index in [0.717, 1.165) is 31.0 Å². The molecular formula is C12H18N4O2. The fourth-order valence-electron chi connectivity index (χ4n) is 2.89. The van der Waals surface area contributed by atoms with E-state index in [-0.39, 0.29) is 5.92 Å². The summed E-state index contributed by atoms with van der Waals surface area (Å²) in [6, 6.07) is 0.475. The first-order chi connectivity index (χ1) is 8.74. The Morgan fingerprint density at radius 3 is 3.06 bits per heavy atom. The van der Waals surface area contributed by atoms with Crippen LogP contribution in [0, 0.1) is 5.92 Å². The molecule has 2 unspecified atom stereocenters. The van der Waals surface area contributed by atoms with Crippen molar-refractivity contribution in [2.75, 3.05) is 6.54 Å². The molecule has 1 fully saturated rings. The lowest BCUT2D eigenvalue weighted by atomic mass is 9.99. The highest BCUT2D eigenvalue weighted by molar-refractivity contribution is 5.70. The van der Waals surface area contributed by atoms with Crippen LogP contribution in [0.15, 0.2) is 0 Å². The summed E-state index contributed by atoms with van der Waals surface area (Å²) in [5.41, 5.74) is 0. The Hall–Kier alpha value is -1.43. The number of carboxylic acid groups (broad SMARTS) is 1. The average Bonchev–Trinajstić information content (AvgIpc) is 2.99. The van der Waals surface area contributed by atoms with Crippen molar-refractivity contribution in [2.24, 2.45) is 5.92 Å². The summed E-state index contributed by atoms with van der Waals surface area (Å²) in [5, 5.41) is 21.0. The summed E-state index contributed by atoms with van der Waals surface area (Å²) < 4.78 is 2.02. The lowest BCUT2D eigenvalue weighted by Crippen LogP contribution is -2.30. The summed E-state index contributed by atoms with van der Waals surface area (Å²) in [6.07, 6.45) is 4.64. The van der Waals surface area contributed by atoms with Crippen molar-refractivity contribution in [2.45, 2.75) is 44.7 Å². The summed E-state index contributed by atoms with van der Waals surface area (Å²) in [5.74, 6) is 0.888. The quantitative estimate of drug-likeness (QED) is 0.802. The van der Waals surface area contributed by atoms with Gasteiger partial charge in [-0.25, -0.2) is 0 Å². The monoisotopic (exact) mass is 250 g/mol. The highest BCUT2D eigenvalue weighted by Gasteiger charge is 2.28. The van der Waals surface area contributed by atoms with Gasteiger partial charge in [-0.1, -0.05) is 0 Å². The van der Waals surface area contributed by atoms with Crippen LogP contribution in [0.25, 0.3) is 0 Å². The van der Waals surface area contributed by atoms with Crippen LogP contribution in [-0.4, -0.2) is 38.4 Å². The largest absolute Gasteiger partial charge is 0.481 e. The van der Waals surface area contributed by atoms with Gasteiger partial charge in [-0.05, 0) is 25.8 Å². The molecule has 0 bridgehead atoms. The van der Waals surface area contributed by atoms with Crippen LogP contribution in [0.4, 0.5) is 0 Å². The first kappa shape index (κ1) is 11.6. The molecule has 0 aromatic carbocycles. The highest BCUT2D eigenvalue weighted by Crippen LogP contribution is 2.21. The van der Waals surface area contributed by atoms with Gasteiger partial charge in [0.15, 0.2) is 0 Å². The van der Waals surface area contributed by atoms with E-state index < -0.39 is 5.97 Å². The molecule has 2 N–H and O–H groups in total. The predicted molar refractivity (Wildman–Crippen MR) is 64.2 cm³/mol. The molecule has 2 aliphatic heterocycles. The van der Waals surface area contributed by atoms with Crippen molar-refractivity contribution in [1.82, 2.24) is 20.1 Å². The van der Waals surface area contributed by atoms with Gasteiger partial charge in [-0.2, -0.15) is 0 Å². The number of aryl methyl sites for hydroxylation is 1. The zero-order chi connectivity index (χ0) is 12.5. The van der Waals surface area contributed by atoms with E-state index in [9.17, 15) is 4.79 Å². The fraction of sp³-hybridized carbons (Fsp3) is 0.750. The molecular weight excluding hydrogens is 232 g/mol. The average molecular weight is 250 g/mol. The Labute approximate surface area is 105 Å². The number of hydrogen-bond acceptors (Lipinski definition) is 4. The van der Waals surface area contributed by atoms with Crippen molar-refractivity contribution < 1.29 is 9.90 Å². The van der Waals surface area contributed by atoms with E-state index in [1.54, 1.807) is 0 Å². The molecule has 1 aromatic rings. The predicted octanol–water partition coefficient (Wildman–Crippen LogP) is 0.220. The fourth-order valence-corrected chi connectivity index (χ4v) is 2.89. The number of nitrogens with one attached hydrogen (secondary N) is 1.